The first-order valence-corrected chi connectivity index (χ1v) is 12.8. The Bertz CT molecular complexity index is 1430. The van der Waals surface area contributed by atoms with Crippen molar-refractivity contribution in [1.29, 1.82) is 0 Å². The Balaban J connectivity index is 1.34. The van der Waals surface area contributed by atoms with Gasteiger partial charge in [-0.2, -0.15) is 0 Å². The van der Waals surface area contributed by atoms with Crippen molar-refractivity contribution in [2.75, 3.05) is 20.8 Å². The number of amides is 1. The van der Waals surface area contributed by atoms with Crippen LogP contribution < -0.4 is 20.1 Å². The van der Waals surface area contributed by atoms with E-state index >= 15 is 0 Å². The Hall–Kier alpha value is -4.05. The number of phenols is 1. The topological polar surface area (TPSA) is 136 Å². The smallest absolute Gasteiger partial charge is 0.267 e. The lowest BCUT2D eigenvalue weighted by atomic mass is 10.0. The maximum atomic E-state index is 12.8. The summed E-state index contributed by atoms with van der Waals surface area (Å²) in [6.45, 7) is 2.38. The highest BCUT2D eigenvalue weighted by Crippen LogP contribution is 2.25. The molecular formula is C30H35N3O6. The predicted octanol–water partition coefficient (Wildman–Crippen LogP) is 3.57. The van der Waals surface area contributed by atoms with Crippen LogP contribution in [-0.4, -0.2) is 53.0 Å². The molecule has 2 atom stereocenters. The van der Waals surface area contributed by atoms with Gasteiger partial charge in [-0.15, -0.1) is 0 Å². The Morgan fingerprint density at radius 2 is 1.82 bits per heavy atom. The van der Waals surface area contributed by atoms with Gasteiger partial charge in [0.25, 0.3) is 5.91 Å². The summed E-state index contributed by atoms with van der Waals surface area (Å²) >= 11 is 0. The molecule has 0 aliphatic carbocycles. The second kappa shape index (κ2) is 12.7. The van der Waals surface area contributed by atoms with Crippen LogP contribution >= 0.6 is 0 Å². The number of aromatic nitrogens is 1. The Morgan fingerprint density at radius 1 is 1.00 bits per heavy atom. The Labute approximate surface area is 227 Å². The molecule has 3 aromatic carbocycles. The van der Waals surface area contributed by atoms with E-state index in [1.807, 2.05) is 37.3 Å². The van der Waals surface area contributed by atoms with Crippen molar-refractivity contribution in [3.63, 3.8) is 0 Å². The van der Waals surface area contributed by atoms with E-state index in [4.69, 9.17) is 9.47 Å². The lowest BCUT2D eigenvalue weighted by Crippen LogP contribution is -2.32. The van der Waals surface area contributed by atoms with E-state index in [1.54, 1.807) is 32.4 Å². The highest BCUT2D eigenvalue weighted by molar-refractivity contribution is 5.98. The van der Waals surface area contributed by atoms with Gasteiger partial charge in [-0.3, -0.25) is 4.79 Å². The fraction of sp³-hybridized carbons (Fsp3) is 0.300. The quantitative estimate of drug-likeness (QED) is 0.164. The summed E-state index contributed by atoms with van der Waals surface area (Å²) in [5.74, 6) is 1.12. The zero-order valence-corrected chi connectivity index (χ0v) is 22.3. The standard InChI is InChI=1S/C30H35N3O6/c1-18(31-16-28(36)20-6-9-27(35)23(12-20)17-34)10-19-4-8-25-22(11-19)13-26(33-25)30(37)32-15-21-5-7-24(38-2)14-29(21)39-3/h4-9,11-14,18,28,31,33-36H,10,15-17H2,1-3H3,(H,32,37). The van der Waals surface area contributed by atoms with Crippen molar-refractivity contribution in [3.8, 4) is 17.2 Å². The van der Waals surface area contributed by atoms with Gasteiger partial charge < -0.3 is 40.4 Å². The minimum Gasteiger partial charge on any atom is -0.508 e. The summed E-state index contributed by atoms with van der Waals surface area (Å²) in [5.41, 5.74) is 4.29. The molecule has 0 aliphatic rings. The third kappa shape index (κ3) is 6.88. The molecule has 0 fully saturated rings. The van der Waals surface area contributed by atoms with Gasteiger partial charge >= 0.3 is 0 Å². The van der Waals surface area contributed by atoms with E-state index in [0.29, 0.717) is 41.4 Å². The summed E-state index contributed by atoms with van der Waals surface area (Å²) in [6.07, 6.45) is -0.0474. The first-order valence-electron chi connectivity index (χ1n) is 12.8. The highest BCUT2D eigenvalue weighted by Gasteiger charge is 2.14. The van der Waals surface area contributed by atoms with Gasteiger partial charge in [0.15, 0.2) is 0 Å². The molecule has 206 valence electrons. The summed E-state index contributed by atoms with van der Waals surface area (Å²) in [7, 11) is 3.17. The SMILES string of the molecule is COc1ccc(CNC(=O)c2cc3cc(CC(C)NCC(O)c4ccc(O)c(CO)c4)ccc3[nH]2)c(OC)c1. The number of aliphatic hydroxyl groups is 2. The highest BCUT2D eigenvalue weighted by atomic mass is 16.5. The number of ether oxygens (including phenoxy) is 2. The van der Waals surface area contributed by atoms with Crippen LogP contribution in [0.25, 0.3) is 10.9 Å². The van der Waals surface area contributed by atoms with Crippen LogP contribution in [0, 0.1) is 0 Å². The number of benzene rings is 3. The molecule has 0 radical (unpaired) electrons. The number of hydrogen-bond donors (Lipinski definition) is 6. The van der Waals surface area contributed by atoms with Crippen molar-refractivity contribution < 1.29 is 29.6 Å². The molecule has 39 heavy (non-hydrogen) atoms. The minimum atomic E-state index is -0.774. The number of aromatic hydroxyl groups is 1. The van der Waals surface area contributed by atoms with Crippen LogP contribution in [0.3, 0.4) is 0 Å². The molecule has 0 aliphatic heterocycles. The molecule has 1 aromatic heterocycles. The molecule has 4 rings (SSSR count). The number of carbonyl (C=O) groups excluding carboxylic acids is 1. The molecule has 9 nitrogen and oxygen atoms in total. The Morgan fingerprint density at radius 3 is 2.56 bits per heavy atom. The van der Waals surface area contributed by atoms with Crippen LogP contribution in [0.15, 0.2) is 60.7 Å². The van der Waals surface area contributed by atoms with Crippen LogP contribution in [-0.2, 0) is 19.6 Å². The van der Waals surface area contributed by atoms with Crippen molar-refractivity contribution in [2.45, 2.75) is 38.6 Å². The second-order valence-electron chi connectivity index (χ2n) is 9.54. The predicted molar refractivity (Wildman–Crippen MR) is 149 cm³/mol. The van der Waals surface area contributed by atoms with Crippen LogP contribution in [0.1, 0.15) is 45.8 Å². The summed E-state index contributed by atoms with van der Waals surface area (Å²) in [4.78, 5) is 16.0. The Kier molecular flexibility index (Phi) is 9.08. The average molecular weight is 534 g/mol. The number of rotatable bonds is 12. The van der Waals surface area contributed by atoms with Crippen molar-refractivity contribution in [1.82, 2.24) is 15.6 Å². The van der Waals surface area contributed by atoms with Gasteiger partial charge in [0.05, 0.1) is 26.9 Å². The third-order valence-electron chi connectivity index (χ3n) is 6.72. The van der Waals surface area contributed by atoms with E-state index in [1.165, 1.54) is 6.07 Å². The number of methoxy groups -OCH3 is 2. The van der Waals surface area contributed by atoms with E-state index in [2.05, 4.69) is 21.7 Å². The van der Waals surface area contributed by atoms with E-state index in [9.17, 15) is 20.1 Å². The van der Waals surface area contributed by atoms with E-state index in [0.717, 1.165) is 28.5 Å². The van der Waals surface area contributed by atoms with Gasteiger partial charge in [-0.05, 0) is 66.9 Å². The largest absolute Gasteiger partial charge is 0.508 e. The van der Waals surface area contributed by atoms with Crippen LogP contribution in [0.2, 0.25) is 0 Å². The second-order valence-corrected chi connectivity index (χ2v) is 9.54. The van der Waals surface area contributed by atoms with Gasteiger partial charge in [0.2, 0.25) is 0 Å². The fourth-order valence-corrected chi connectivity index (χ4v) is 4.50. The van der Waals surface area contributed by atoms with E-state index < -0.39 is 6.10 Å². The molecule has 2 unspecified atom stereocenters. The average Bonchev–Trinajstić information content (AvgIpc) is 3.38. The molecule has 1 amide bonds. The first kappa shape index (κ1) is 28.0. The zero-order valence-electron chi connectivity index (χ0n) is 22.3. The zero-order chi connectivity index (χ0) is 27.9. The number of H-pyrrole nitrogens is 1. The maximum Gasteiger partial charge on any atom is 0.267 e. The number of aliphatic hydroxyl groups excluding tert-OH is 2. The number of nitrogens with one attached hydrogen (secondary N) is 3. The summed E-state index contributed by atoms with van der Waals surface area (Å²) < 4.78 is 10.6. The molecule has 0 saturated carbocycles. The van der Waals surface area contributed by atoms with Crippen molar-refractivity contribution in [2.24, 2.45) is 0 Å². The molecular weight excluding hydrogens is 498 g/mol. The van der Waals surface area contributed by atoms with Gasteiger partial charge in [0.1, 0.15) is 22.9 Å². The van der Waals surface area contributed by atoms with Gasteiger partial charge in [-0.25, -0.2) is 0 Å². The minimum absolute atomic E-state index is 0.00744. The molecule has 4 aromatic rings. The number of hydrogen-bond acceptors (Lipinski definition) is 7. The maximum absolute atomic E-state index is 12.8. The first-order chi connectivity index (χ1) is 18.8. The number of fused-ring (bicyclic) bond motifs is 1. The lowest BCUT2D eigenvalue weighted by molar-refractivity contribution is 0.0946. The van der Waals surface area contributed by atoms with Gasteiger partial charge in [-0.1, -0.05) is 12.1 Å². The van der Waals surface area contributed by atoms with Crippen LogP contribution in [0.4, 0.5) is 0 Å². The lowest BCUT2D eigenvalue weighted by Gasteiger charge is -2.18. The van der Waals surface area contributed by atoms with Gasteiger partial charge in [0, 0.05) is 47.2 Å². The summed E-state index contributed by atoms with van der Waals surface area (Å²) in [5, 5.41) is 36.8. The van der Waals surface area contributed by atoms with E-state index in [-0.39, 0.29) is 24.3 Å². The molecule has 0 spiro atoms. The van der Waals surface area contributed by atoms with Crippen molar-refractivity contribution in [3.05, 3.63) is 88.6 Å². The molecule has 9 heteroatoms. The monoisotopic (exact) mass is 533 g/mol. The molecule has 6 N–H and O–H groups in total. The number of carbonyl (C=O) groups is 1. The molecule has 1 heterocycles. The van der Waals surface area contributed by atoms with Crippen molar-refractivity contribution >= 4 is 16.8 Å². The van der Waals surface area contributed by atoms with Crippen LogP contribution in [0.5, 0.6) is 17.2 Å². The normalized spacial score (nSPS) is 12.7. The fourth-order valence-electron chi connectivity index (χ4n) is 4.50. The summed E-state index contributed by atoms with van der Waals surface area (Å²) in [6, 6.07) is 18.1. The number of aromatic amines is 1. The molecule has 0 bridgehead atoms. The molecule has 0 saturated heterocycles. The third-order valence-corrected chi connectivity index (χ3v) is 6.72.